The first kappa shape index (κ1) is 22.0. The number of aliphatic hydroxyl groups is 1. The number of nitrogens with one attached hydrogen (secondary N) is 1. The lowest BCUT2D eigenvalue weighted by Crippen LogP contribution is -2.46. The van der Waals surface area contributed by atoms with Crippen molar-refractivity contribution in [2.45, 2.75) is 38.1 Å². The van der Waals surface area contributed by atoms with Crippen LogP contribution in [0.3, 0.4) is 0 Å². The van der Waals surface area contributed by atoms with Gasteiger partial charge in [-0.05, 0) is 32.0 Å². The number of carbonyl (C=O) groups excluding carboxylic acids is 1. The van der Waals surface area contributed by atoms with E-state index in [9.17, 15) is 23.1 Å². The lowest BCUT2D eigenvalue weighted by atomic mass is 9.97. The van der Waals surface area contributed by atoms with Gasteiger partial charge in [-0.2, -0.15) is 13.2 Å². The second kappa shape index (κ2) is 8.40. The molecule has 154 valence electrons. The molecule has 0 aliphatic heterocycles. The largest absolute Gasteiger partial charge is 0.490 e. The van der Waals surface area contributed by atoms with Gasteiger partial charge in [0, 0.05) is 37.4 Å². The predicted molar refractivity (Wildman–Crippen MR) is 97.3 cm³/mol. The molecule has 1 unspecified atom stereocenters. The minimum atomic E-state index is -4.97. The molecule has 1 amide bonds. The molecule has 0 aliphatic rings. The van der Waals surface area contributed by atoms with Crippen molar-refractivity contribution in [3.63, 3.8) is 0 Å². The first-order valence-electron chi connectivity index (χ1n) is 8.47. The van der Waals surface area contributed by atoms with E-state index in [0.717, 1.165) is 10.8 Å². The molecular formula is C18H21ClF3N3O3. The first-order chi connectivity index (χ1) is 13.0. The fourth-order valence-corrected chi connectivity index (χ4v) is 2.81. The Balaban J connectivity index is 2.16. The summed E-state index contributed by atoms with van der Waals surface area (Å²) in [6.07, 6.45) is -3.54. The Morgan fingerprint density at radius 1 is 1.39 bits per heavy atom. The van der Waals surface area contributed by atoms with Crippen LogP contribution in [0.25, 0.3) is 0 Å². The molecule has 2 rings (SSSR count). The number of nitrogens with zero attached hydrogens (tertiary/aromatic N) is 2. The summed E-state index contributed by atoms with van der Waals surface area (Å²) in [5.74, 6) is -0.963. The van der Waals surface area contributed by atoms with Crippen molar-refractivity contribution < 1.29 is 27.8 Å². The van der Waals surface area contributed by atoms with Crippen LogP contribution < -0.4 is 10.1 Å². The van der Waals surface area contributed by atoms with Gasteiger partial charge < -0.3 is 19.7 Å². The zero-order valence-corrected chi connectivity index (χ0v) is 16.3. The molecule has 1 aromatic heterocycles. The molecule has 1 aromatic carbocycles. The number of hydrogen-bond acceptors (Lipinski definition) is 4. The number of carbonyl (C=O) groups is 1. The van der Waals surface area contributed by atoms with Gasteiger partial charge in [0.05, 0.1) is 11.7 Å². The zero-order chi connectivity index (χ0) is 21.1. The maximum atomic E-state index is 13.5. The van der Waals surface area contributed by atoms with E-state index in [2.05, 4.69) is 10.3 Å². The summed E-state index contributed by atoms with van der Waals surface area (Å²) in [5.41, 5.74) is -3.11. The lowest BCUT2D eigenvalue weighted by Gasteiger charge is -2.30. The maximum Gasteiger partial charge on any atom is 0.424 e. The minimum absolute atomic E-state index is 0.0914. The summed E-state index contributed by atoms with van der Waals surface area (Å²) >= 11 is 5.91. The summed E-state index contributed by atoms with van der Waals surface area (Å²) in [6.45, 7) is 3.09. The van der Waals surface area contributed by atoms with E-state index in [1.807, 2.05) is 0 Å². The lowest BCUT2D eigenvalue weighted by molar-refractivity contribution is -0.272. The number of alkyl halides is 3. The number of hydrogen-bond donors (Lipinski definition) is 2. The topological polar surface area (TPSA) is 76.4 Å². The second-order valence-corrected chi connectivity index (χ2v) is 6.97. The molecule has 28 heavy (non-hydrogen) atoms. The van der Waals surface area contributed by atoms with Crippen molar-refractivity contribution in [3.05, 3.63) is 47.0 Å². The van der Waals surface area contributed by atoms with Crippen molar-refractivity contribution in [1.82, 2.24) is 14.9 Å². The van der Waals surface area contributed by atoms with Gasteiger partial charge in [0.25, 0.3) is 5.91 Å². The van der Waals surface area contributed by atoms with Crippen LogP contribution in [0.1, 0.15) is 36.5 Å². The van der Waals surface area contributed by atoms with Crippen molar-refractivity contribution in [3.8, 4) is 5.75 Å². The molecule has 0 saturated carbocycles. The quantitative estimate of drug-likeness (QED) is 0.721. The van der Waals surface area contributed by atoms with Gasteiger partial charge in [-0.1, -0.05) is 11.6 Å². The molecule has 1 heterocycles. The van der Waals surface area contributed by atoms with E-state index in [1.165, 1.54) is 25.4 Å². The van der Waals surface area contributed by atoms with E-state index in [1.54, 1.807) is 19.9 Å². The molecule has 2 N–H and O–H groups in total. The standard InChI is InChI=1S/C18H21ClF3N3O3/c1-11(2)28-14-5-4-12(19)10-13(14)15(26)23-7-6-17(27,18(20,21)22)16-24-8-9-25(16)3/h4-5,8-11,27H,6-7H2,1-3H3,(H,23,26). The van der Waals surface area contributed by atoms with Gasteiger partial charge in [-0.15, -0.1) is 0 Å². The predicted octanol–water partition coefficient (Wildman–Crippen LogP) is 3.43. The summed E-state index contributed by atoms with van der Waals surface area (Å²) in [7, 11) is 1.35. The Bertz CT molecular complexity index is 839. The highest BCUT2D eigenvalue weighted by molar-refractivity contribution is 6.31. The van der Waals surface area contributed by atoms with E-state index in [4.69, 9.17) is 16.3 Å². The van der Waals surface area contributed by atoms with Gasteiger partial charge in [-0.25, -0.2) is 4.98 Å². The average molecular weight is 420 g/mol. The summed E-state index contributed by atoms with van der Waals surface area (Å²) < 4.78 is 47.1. The highest BCUT2D eigenvalue weighted by Gasteiger charge is 2.57. The summed E-state index contributed by atoms with van der Waals surface area (Å²) in [5, 5.41) is 12.9. The molecule has 6 nitrogen and oxygen atoms in total. The van der Waals surface area contributed by atoms with E-state index in [0.29, 0.717) is 0 Å². The van der Waals surface area contributed by atoms with Gasteiger partial charge >= 0.3 is 6.18 Å². The van der Waals surface area contributed by atoms with Gasteiger partial charge in [0.2, 0.25) is 5.60 Å². The number of amides is 1. The van der Waals surface area contributed by atoms with E-state index >= 15 is 0 Å². The molecule has 0 aliphatic carbocycles. The highest BCUT2D eigenvalue weighted by Crippen LogP contribution is 2.40. The average Bonchev–Trinajstić information content (AvgIpc) is 3.01. The number of benzene rings is 1. The molecule has 0 fully saturated rings. The number of aryl methyl sites for hydroxylation is 1. The fraction of sp³-hybridized carbons (Fsp3) is 0.444. The van der Waals surface area contributed by atoms with Crippen LogP contribution in [-0.2, 0) is 12.6 Å². The third-order valence-electron chi connectivity index (χ3n) is 3.98. The Kier molecular flexibility index (Phi) is 6.61. The maximum absolute atomic E-state index is 13.5. The molecule has 2 aromatic rings. The monoisotopic (exact) mass is 419 g/mol. The van der Waals surface area contributed by atoms with Crippen LogP contribution in [0.4, 0.5) is 13.2 Å². The van der Waals surface area contributed by atoms with Crippen molar-refractivity contribution in [2.75, 3.05) is 6.54 Å². The first-order valence-corrected chi connectivity index (χ1v) is 8.85. The Morgan fingerprint density at radius 3 is 2.61 bits per heavy atom. The van der Waals surface area contributed by atoms with Crippen LogP contribution in [0.15, 0.2) is 30.6 Å². The normalized spacial score (nSPS) is 14.0. The van der Waals surface area contributed by atoms with Crippen LogP contribution in [0.5, 0.6) is 5.75 Å². The molecule has 1 atom stereocenters. The van der Waals surface area contributed by atoms with Crippen molar-refractivity contribution >= 4 is 17.5 Å². The van der Waals surface area contributed by atoms with Crippen molar-refractivity contribution in [2.24, 2.45) is 7.05 Å². The SMILES string of the molecule is CC(C)Oc1ccc(Cl)cc1C(=O)NCCC(O)(c1nccn1C)C(F)(F)F. The molecule has 0 spiro atoms. The smallest absolute Gasteiger partial charge is 0.424 e. The van der Waals surface area contributed by atoms with Crippen molar-refractivity contribution in [1.29, 1.82) is 0 Å². The van der Waals surface area contributed by atoms with Gasteiger partial charge in [-0.3, -0.25) is 4.79 Å². The number of rotatable bonds is 7. The zero-order valence-electron chi connectivity index (χ0n) is 15.5. The molecule has 0 bridgehead atoms. The molecule has 10 heteroatoms. The number of aromatic nitrogens is 2. The number of imidazole rings is 1. The van der Waals surface area contributed by atoms with Crippen LogP contribution in [0, 0.1) is 0 Å². The molecular weight excluding hydrogens is 399 g/mol. The molecule has 0 saturated heterocycles. The Morgan fingerprint density at radius 2 is 2.07 bits per heavy atom. The van der Waals surface area contributed by atoms with Gasteiger partial charge in [0.15, 0.2) is 0 Å². The van der Waals surface area contributed by atoms with Crippen LogP contribution >= 0.6 is 11.6 Å². The number of ether oxygens (including phenoxy) is 1. The minimum Gasteiger partial charge on any atom is -0.490 e. The van der Waals surface area contributed by atoms with Crippen LogP contribution in [0.2, 0.25) is 5.02 Å². The fourth-order valence-electron chi connectivity index (χ4n) is 2.63. The molecule has 0 radical (unpaired) electrons. The third kappa shape index (κ3) is 4.77. The summed E-state index contributed by atoms with van der Waals surface area (Å²) in [4.78, 5) is 16.1. The Hall–Kier alpha value is -2.26. The third-order valence-corrected chi connectivity index (χ3v) is 4.22. The van der Waals surface area contributed by atoms with E-state index < -0.39 is 36.5 Å². The van der Waals surface area contributed by atoms with Gasteiger partial charge in [0.1, 0.15) is 11.6 Å². The Labute approximate surface area is 165 Å². The number of halogens is 4. The highest BCUT2D eigenvalue weighted by atomic mass is 35.5. The van der Waals surface area contributed by atoms with E-state index in [-0.39, 0.29) is 22.4 Å². The van der Waals surface area contributed by atoms with Crippen LogP contribution in [-0.4, -0.2) is 39.4 Å². The summed E-state index contributed by atoms with van der Waals surface area (Å²) in [6, 6.07) is 4.42. The second-order valence-electron chi connectivity index (χ2n) is 6.53.